The lowest BCUT2D eigenvalue weighted by Crippen LogP contribution is -2.31. The van der Waals surface area contributed by atoms with Gasteiger partial charge in [0.05, 0.1) is 5.25 Å². The van der Waals surface area contributed by atoms with Gasteiger partial charge in [-0.25, -0.2) is 0 Å². The van der Waals surface area contributed by atoms with Gasteiger partial charge in [0.15, 0.2) is 0 Å². The number of halogens is 2. The van der Waals surface area contributed by atoms with Crippen LogP contribution in [0.15, 0.2) is 63.6 Å². The fraction of sp³-hybridized carbons (Fsp3) is 0.150. The van der Waals surface area contributed by atoms with Gasteiger partial charge in [-0.1, -0.05) is 51.4 Å². The second kappa shape index (κ2) is 8.82. The van der Waals surface area contributed by atoms with E-state index in [4.69, 9.17) is 11.6 Å². The lowest BCUT2D eigenvalue weighted by atomic mass is 10.1. The number of hydrogen-bond acceptors (Lipinski definition) is 4. The zero-order chi connectivity index (χ0) is 20.3. The van der Waals surface area contributed by atoms with E-state index in [-0.39, 0.29) is 11.5 Å². The highest BCUT2D eigenvalue weighted by Crippen LogP contribution is 2.42. The van der Waals surface area contributed by atoms with Crippen molar-refractivity contribution in [3.63, 3.8) is 0 Å². The molecule has 0 saturated carbocycles. The van der Waals surface area contributed by atoms with Gasteiger partial charge >= 0.3 is 0 Å². The predicted molar refractivity (Wildman–Crippen MR) is 115 cm³/mol. The first-order valence-electron chi connectivity index (χ1n) is 8.31. The van der Waals surface area contributed by atoms with E-state index in [0.717, 1.165) is 10.0 Å². The maximum Gasteiger partial charge on any atom is 0.264 e. The Bertz CT molecular complexity index is 1000. The van der Waals surface area contributed by atoms with Gasteiger partial charge in [-0.2, -0.15) is 5.26 Å². The Morgan fingerprint density at radius 1 is 1.32 bits per heavy atom. The van der Waals surface area contributed by atoms with E-state index in [2.05, 4.69) is 21.2 Å². The third-order valence-electron chi connectivity index (χ3n) is 4.13. The lowest BCUT2D eigenvalue weighted by molar-refractivity contribution is -0.117. The molecule has 0 aliphatic carbocycles. The minimum absolute atomic E-state index is 0.0858. The zero-order valence-electron chi connectivity index (χ0n) is 14.8. The van der Waals surface area contributed by atoms with E-state index in [0.29, 0.717) is 22.2 Å². The number of hydrogen-bond donors (Lipinski definition) is 1. The average molecular weight is 477 g/mol. The zero-order valence-corrected chi connectivity index (χ0v) is 17.9. The fourth-order valence-electron chi connectivity index (χ4n) is 2.82. The Morgan fingerprint density at radius 2 is 2.04 bits per heavy atom. The Morgan fingerprint density at radius 3 is 2.64 bits per heavy atom. The van der Waals surface area contributed by atoms with Gasteiger partial charge in [0.25, 0.3) is 5.91 Å². The van der Waals surface area contributed by atoms with E-state index in [1.54, 1.807) is 30.3 Å². The van der Waals surface area contributed by atoms with Crippen molar-refractivity contribution in [3.05, 3.63) is 74.2 Å². The molecule has 1 aliphatic heterocycles. The van der Waals surface area contributed by atoms with Crippen molar-refractivity contribution in [2.75, 3.05) is 11.9 Å². The molecule has 1 unspecified atom stereocenters. The molecule has 5 nitrogen and oxygen atoms in total. The van der Waals surface area contributed by atoms with Crippen molar-refractivity contribution < 1.29 is 9.59 Å². The first-order chi connectivity index (χ1) is 13.4. The number of nitrogens with one attached hydrogen (secondary N) is 1. The van der Waals surface area contributed by atoms with Crippen LogP contribution in [0.2, 0.25) is 5.02 Å². The molecule has 8 heteroatoms. The largest absolute Gasteiger partial charge is 0.354 e. The molecule has 0 bridgehead atoms. The van der Waals surface area contributed by atoms with E-state index in [1.807, 2.05) is 24.3 Å². The molecule has 142 valence electrons. The third kappa shape index (κ3) is 4.25. The smallest absolute Gasteiger partial charge is 0.264 e. The van der Waals surface area contributed by atoms with Crippen LogP contribution < -0.4 is 10.2 Å². The van der Waals surface area contributed by atoms with Crippen LogP contribution in [-0.4, -0.2) is 24.1 Å². The Kier molecular flexibility index (Phi) is 6.45. The Balaban J connectivity index is 2.04. The number of nitriles is 1. The number of anilines is 1. The molecule has 1 heterocycles. The second-order valence-electron chi connectivity index (χ2n) is 5.96. The predicted octanol–water partition coefficient (Wildman–Crippen LogP) is 4.27. The van der Waals surface area contributed by atoms with Crippen molar-refractivity contribution in [2.45, 2.75) is 11.7 Å². The van der Waals surface area contributed by atoms with Crippen LogP contribution in [0.3, 0.4) is 0 Å². The molecule has 1 fully saturated rings. The summed E-state index contributed by atoms with van der Waals surface area (Å²) >= 11 is 10.7. The third-order valence-corrected chi connectivity index (χ3v) is 6.15. The number of likely N-dealkylation sites (N-methyl/N-ethyl adjacent to an activating group) is 1. The first-order valence-corrected chi connectivity index (χ1v) is 10.4. The molecule has 1 N–H and O–H groups in total. The molecule has 1 saturated heterocycles. The maximum absolute atomic E-state index is 13.2. The molecule has 3 rings (SSSR count). The van der Waals surface area contributed by atoms with Crippen LogP contribution in [0.1, 0.15) is 5.56 Å². The number of benzene rings is 2. The minimum Gasteiger partial charge on any atom is -0.354 e. The van der Waals surface area contributed by atoms with Crippen molar-refractivity contribution in [1.29, 1.82) is 5.26 Å². The summed E-state index contributed by atoms with van der Waals surface area (Å²) in [6.07, 6.45) is 0.438. The summed E-state index contributed by atoms with van der Waals surface area (Å²) in [5.41, 5.74) is 1.42. The topological polar surface area (TPSA) is 73.2 Å². The standard InChI is InChI=1S/C20H15BrClN3O2S/c1-24-18(26)16(11-23)20-25(15-7-5-13(21)6-8-15)19(27)17(28-20)10-12-3-2-4-14(22)9-12/h2-9,17H,10H2,1H3,(H,24,26)/b20-16-. The van der Waals surface area contributed by atoms with Crippen molar-refractivity contribution >= 4 is 56.8 Å². The number of thioether (sulfide) groups is 1. The van der Waals surface area contributed by atoms with Crippen molar-refractivity contribution in [1.82, 2.24) is 5.32 Å². The summed E-state index contributed by atoms with van der Waals surface area (Å²) in [7, 11) is 1.45. The summed E-state index contributed by atoms with van der Waals surface area (Å²) < 4.78 is 0.864. The summed E-state index contributed by atoms with van der Waals surface area (Å²) in [4.78, 5) is 26.9. The van der Waals surface area contributed by atoms with E-state index >= 15 is 0 Å². The molecule has 0 radical (unpaired) electrons. The fourth-order valence-corrected chi connectivity index (χ4v) is 4.60. The summed E-state index contributed by atoms with van der Waals surface area (Å²) in [6.45, 7) is 0. The number of rotatable bonds is 4. The van der Waals surface area contributed by atoms with Crippen LogP contribution in [0.5, 0.6) is 0 Å². The highest BCUT2D eigenvalue weighted by molar-refractivity contribution is 9.10. The summed E-state index contributed by atoms with van der Waals surface area (Å²) in [6, 6.07) is 16.4. The quantitative estimate of drug-likeness (QED) is 0.528. The molecule has 1 atom stereocenters. The van der Waals surface area contributed by atoms with Gasteiger partial charge in [0.2, 0.25) is 5.91 Å². The van der Waals surface area contributed by atoms with Crippen LogP contribution >= 0.6 is 39.3 Å². The lowest BCUT2D eigenvalue weighted by Gasteiger charge is -2.18. The van der Waals surface area contributed by atoms with Crippen LogP contribution in [0.4, 0.5) is 5.69 Å². The molecular weight excluding hydrogens is 462 g/mol. The monoisotopic (exact) mass is 475 g/mol. The SMILES string of the molecule is CNC(=O)/C(C#N)=C1\SC(Cc2cccc(Cl)c2)C(=O)N1c1ccc(Br)cc1. The molecular formula is C20H15BrClN3O2S. The first kappa shape index (κ1) is 20.5. The van der Waals surface area contributed by atoms with Gasteiger partial charge in [0.1, 0.15) is 16.7 Å². The summed E-state index contributed by atoms with van der Waals surface area (Å²) in [5, 5.41) is 12.5. The highest BCUT2D eigenvalue weighted by Gasteiger charge is 2.40. The van der Waals surface area contributed by atoms with E-state index in [9.17, 15) is 14.9 Å². The van der Waals surface area contributed by atoms with Gasteiger partial charge in [-0.15, -0.1) is 0 Å². The number of carbonyl (C=O) groups excluding carboxylic acids is 2. The van der Waals surface area contributed by atoms with Crippen molar-refractivity contribution in [3.8, 4) is 6.07 Å². The normalized spacial score (nSPS) is 18.0. The maximum atomic E-state index is 13.2. The molecule has 1 aliphatic rings. The number of amides is 2. The Hall–Kier alpha value is -2.27. The molecule has 2 amide bonds. The van der Waals surface area contributed by atoms with E-state index < -0.39 is 11.2 Å². The van der Waals surface area contributed by atoms with Crippen molar-refractivity contribution in [2.24, 2.45) is 0 Å². The van der Waals surface area contributed by atoms with Crippen LogP contribution in [0, 0.1) is 11.3 Å². The minimum atomic E-state index is -0.525. The second-order valence-corrected chi connectivity index (χ2v) is 8.51. The molecule has 28 heavy (non-hydrogen) atoms. The Labute approximate surface area is 180 Å². The highest BCUT2D eigenvalue weighted by atomic mass is 79.9. The number of nitrogens with zero attached hydrogens (tertiary/aromatic N) is 2. The van der Waals surface area contributed by atoms with Gasteiger partial charge in [-0.05, 0) is 48.4 Å². The van der Waals surface area contributed by atoms with Gasteiger partial charge in [0, 0.05) is 22.2 Å². The van der Waals surface area contributed by atoms with Crippen LogP contribution in [0.25, 0.3) is 0 Å². The van der Waals surface area contributed by atoms with Gasteiger partial charge in [-0.3, -0.25) is 14.5 Å². The van der Waals surface area contributed by atoms with Crippen LogP contribution in [-0.2, 0) is 16.0 Å². The average Bonchev–Trinajstić information content (AvgIpc) is 2.99. The molecule has 2 aromatic rings. The molecule has 0 aromatic heterocycles. The van der Waals surface area contributed by atoms with E-state index in [1.165, 1.54) is 23.7 Å². The summed E-state index contributed by atoms with van der Waals surface area (Å²) in [5.74, 6) is -0.706. The number of carbonyl (C=O) groups is 2. The van der Waals surface area contributed by atoms with Gasteiger partial charge < -0.3 is 5.32 Å². The molecule has 0 spiro atoms. The molecule has 2 aromatic carbocycles.